The van der Waals surface area contributed by atoms with Crippen LogP contribution in [0.15, 0.2) is 24.3 Å². The van der Waals surface area contributed by atoms with Crippen LogP contribution in [0.4, 0.5) is 13.2 Å². The predicted octanol–water partition coefficient (Wildman–Crippen LogP) is 2.96. The summed E-state index contributed by atoms with van der Waals surface area (Å²) in [6, 6.07) is 5.16. The van der Waals surface area contributed by atoms with Gasteiger partial charge in [0.1, 0.15) is 5.75 Å². The molecule has 1 fully saturated rings. The van der Waals surface area contributed by atoms with Crippen molar-refractivity contribution in [3.63, 3.8) is 0 Å². The molecular weight excluding hydrogens is 283 g/mol. The van der Waals surface area contributed by atoms with Crippen molar-refractivity contribution in [3.05, 3.63) is 29.8 Å². The van der Waals surface area contributed by atoms with E-state index in [2.05, 4.69) is 0 Å². The average Bonchev–Trinajstić information content (AvgIpc) is 2.80. The molecule has 1 aromatic carbocycles. The molecule has 118 valence electrons. The molecular formula is C15H20F3NO2. The molecule has 0 amide bonds. The Labute approximate surface area is 121 Å². The molecule has 0 radical (unpaired) electrons. The molecule has 0 aromatic heterocycles. The van der Waals surface area contributed by atoms with Gasteiger partial charge in [0, 0.05) is 6.54 Å². The molecule has 3 nitrogen and oxygen atoms in total. The number of hydrogen-bond acceptors (Lipinski definition) is 3. The maximum atomic E-state index is 12.8. The van der Waals surface area contributed by atoms with Gasteiger partial charge in [0.2, 0.25) is 0 Å². The summed E-state index contributed by atoms with van der Waals surface area (Å²) in [5, 5.41) is 10.3. The van der Waals surface area contributed by atoms with E-state index in [1.807, 2.05) is 0 Å². The van der Waals surface area contributed by atoms with Crippen molar-refractivity contribution in [2.45, 2.75) is 37.5 Å². The Morgan fingerprint density at radius 2 is 2.05 bits per heavy atom. The number of alkyl halides is 3. The summed E-state index contributed by atoms with van der Waals surface area (Å²) in [6.45, 7) is 0.316. The zero-order chi connectivity index (χ0) is 15.5. The van der Waals surface area contributed by atoms with Crippen LogP contribution in [0, 0.1) is 5.92 Å². The number of benzene rings is 1. The van der Waals surface area contributed by atoms with E-state index in [-0.39, 0.29) is 24.8 Å². The Kier molecular flexibility index (Phi) is 4.78. The minimum atomic E-state index is -4.43. The smallest absolute Gasteiger partial charge is 0.419 e. The van der Waals surface area contributed by atoms with E-state index < -0.39 is 17.3 Å². The number of rotatable bonds is 5. The van der Waals surface area contributed by atoms with E-state index >= 15 is 0 Å². The Bertz CT molecular complexity index is 478. The van der Waals surface area contributed by atoms with Gasteiger partial charge in [-0.25, -0.2) is 0 Å². The summed E-state index contributed by atoms with van der Waals surface area (Å²) in [5.74, 6) is -0.181. The summed E-state index contributed by atoms with van der Waals surface area (Å²) in [5.41, 5.74) is 3.91. The van der Waals surface area contributed by atoms with Crippen LogP contribution in [-0.4, -0.2) is 23.9 Å². The number of ether oxygens (including phenoxy) is 1. The molecule has 2 atom stereocenters. The first-order valence-corrected chi connectivity index (χ1v) is 7.08. The fraction of sp³-hybridized carbons (Fsp3) is 0.600. The lowest BCUT2D eigenvalue weighted by molar-refractivity contribution is -0.139. The van der Waals surface area contributed by atoms with Crippen molar-refractivity contribution in [2.75, 3.05) is 13.2 Å². The molecule has 1 aromatic rings. The third-order valence-electron chi connectivity index (χ3n) is 4.19. The molecule has 21 heavy (non-hydrogen) atoms. The van der Waals surface area contributed by atoms with E-state index in [0.29, 0.717) is 12.8 Å². The molecule has 1 saturated carbocycles. The maximum absolute atomic E-state index is 12.8. The molecule has 0 heterocycles. The van der Waals surface area contributed by atoms with E-state index in [1.165, 1.54) is 18.2 Å². The van der Waals surface area contributed by atoms with Crippen LogP contribution in [-0.2, 0) is 6.18 Å². The monoisotopic (exact) mass is 303 g/mol. The Morgan fingerprint density at radius 3 is 2.71 bits per heavy atom. The second-order valence-electron chi connectivity index (χ2n) is 5.53. The SMILES string of the molecule is NCC1(O)CCCC1CCOc1ccccc1C(F)(F)F. The highest BCUT2D eigenvalue weighted by Gasteiger charge is 2.39. The standard InChI is InChI=1S/C15H20F3NO2/c16-15(17,18)12-5-1-2-6-13(12)21-9-7-11-4-3-8-14(11,20)10-19/h1-2,5-6,11,20H,3-4,7-10,19H2. The second-order valence-corrected chi connectivity index (χ2v) is 5.53. The Balaban J connectivity index is 1.96. The zero-order valence-electron chi connectivity index (χ0n) is 11.7. The largest absolute Gasteiger partial charge is 0.493 e. The lowest BCUT2D eigenvalue weighted by Crippen LogP contribution is -2.41. The maximum Gasteiger partial charge on any atom is 0.419 e. The highest BCUT2D eigenvalue weighted by molar-refractivity contribution is 5.35. The van der Waals surface area contributed by atoms with Crippen LogP contribution < -0.4 is 10.5 Å². The highest BCUT2D eigenvalue weighted by Crippen LogP contribution is 2.38. The van der Waals surface area contributed by atoms with Gasteiger partial charge in [0.25, 0.3) is 0 Å². The Hall–Kier alpha value is -1.27. The van der Waals surface area contributed by atoms with Crippen molar-refractivity contribution in [2.24, 2.45) is 11.7 Å². The van der Waals surface area contributed by atoms with Crippen molar-refractivity contribution < 1.29 is 23.0 Å². The van der Waals surface area contributed by atoms with Crippen LogP contribution >= 0.6 is 0 Å². The van der Waals surface area contributed by atoms with Gasteiger partial charge >= 0.3 is 6.18 Å². The summed E-state index contributed by atoms with van der Waals surface area (Å²) in [7, 11) is 0. The van der Waals surface area contributed by atoms with Gasteiger partial charge in [0.15, 0.2) is 0 Å². The number of nitrogens with two attached hydrogens (primary N) is 1. The van der Waals surface area contributed by atoms with Crippen LogP contribution in [0.2, 0.25) is 0 Å². The molecule has 0 bridgehead atoms. The molecule has 1 aliphatic rings. The van der Waals surface area contributed by atoms with Crippen molar-refractivity contribution in [1.82, 2.24) is 0 Å². The lowest BCUT2D eigenvalue weighted by atomic mass is 9.88. The molecule has 2 unspecified atom stereocenters. The fourth-order valence-corrected chi connectivity index (χ4v) is 2.95. The normalized spacial score (nSPS) is 26.0. The summed E-state index contributed by atoms with van der Waals surface area (Å²) < 4.78 is 43.7. The third kappa shape index (κ3) is 3.68. The van der Waals surface area contributed by atoms with Gasteiger partial charge in [0.05, 0.1) is 17.8 Å². The van der Waals surface area contributed by atoms with Crippen LogP contribution in [0.3, 0.4) is 0 Å². The van der Waals surface area contributed by atoms with Gasteiger partial charge < -0.3 is 15.6 Å². The Morgan fingerprint density at radius 1 is 1.33 bits per heavy atom. The predicted molar refractivity (Wildman–Crippen MR) is 72.9 cm³/mol. The van der Waals surface area contributed by atoms with Gasteiger partial charge in [-0.1, -0.05) is 18.6 Å². The van der Waals surface area contributed by atoms with E-state index in [9.17, 15) is 18.3 Å². The summed E-state index contributed by atoms with van der Waals surface area (Å²) in [4.78, 5) is 0. The summed E-state index contributed by atoms with van der Waals surface area (Å²) in [6.07, 6.45) is -1.56. The molecule has 2 rings (SSSR count). The fourth-order valence-electron chi connectivity index (χ4n) is 2.95. The molecule has 1 aliphatic carbocycles. The minimum Gasteiger partial charge on any atom is -0.493 e. The minimum absolute atomic E-state index is 0.0134. The van der Waals surface area contributed by atoms with Gasteiger partial charge in [-0.3, -0.25) is 0 Å². The van der Waals surface area contributed by atoms with Crippen molar-refractivity contribution in [3.8, 4) is 5.75 Å². The van der Waals surface area contributed by atoms with Gasteiger partial charge in [-0.05, 0) is 37.3 Å². The average molecular weight is 303 g/mol. The molecule has 6 heteroatoms. The van der Waals surface area contributed by atoms with Crippen molar-refractivity contribution in [1.29, 1.82) is 0 Å². The van der Waals surface area contributed by atoms with Crippen molar-refractivity contribution >= 4 is 0 Å². The lowest BCUT2D eigenvalue weighted by Gasteiger charge is -2.28. The van der Waals surface area contributed by atoms with Crippen LogP contribution in [0.1, 0.15) is 31.2 Å². The van der Waals surface area contributed by atoms with Crippen LogP contribution in [0.25, 0.3) is 0 Å². The molecule has 0 spiro atoms. The number of hydrogen-bond donors (Lipinski definition) is 2. The summed E-state index contributed by atoms with van der Waals surface area (Å²) >= 11 is 0. The molecule has 3 N–H and O–H groups in total. The first kappa shape index (κ1) is 16.1. The van der Waals surface area contributed by atoms with E-state index in [1.54, 1.807) is 0 Å². The molecule has 0 saturated heterocycles. The number of aliphatic hydroxyl groups is 1. The number of para-hydroxylation sites is 1. The molecule has 0 aliphatic heterocycles. The van der Waals surface area contributed by atoms with Crippen LogP contribution in [0.5, 0.6) is 5.75 Å². The second kappa shape index (κ2) is 6.23. The quantitative estimate of drug-likeness (QED) is 0.879. The van der Waals surface area contributed by atoms with Gasteiger partial charge in [-0.2, -0.15) is 13.2 Å². The topological polar surface area (TPSA) is 55.5 Å². The number of halogens is 3. The highest BCUT2D eigenvalue weighted by atomic mass is 19.4. The van der Waals surface area contributed by atoms with E-state index in [0.717, 1.165) is 18.9 Å². The van der Waals surface area contributed by atoms with Gasteiger partial charge in [-0.15, -0.1) is 0 Å². The first-order valence-electron chi connectivity index (χ1n) is 7.08. The first-order chi connectivity index (χ1) is 9.87. The zero-order valence-corrected chi connectivity index (χ0v) is 11.7. The van der Waals surface area contributed by atoms with E-state index in [4.69, 9.17) is 10.5 Å². The third-order valence-corrected chi connectivity index (χ3v) is 4.19.